The van der Waals surface area contributed by atoms with Crippen LogP contribution < -0.4 is 20.1 Å². The lowest BCUT2D eigenvalue weighted by Crippen LogP contribution is -2.59. The van der Waals surface area contributed by atoms with Crippen molar-refractivity contribution in [3.8, 4) is 16.5 Å². The molecule has 3 aliphatic carbocycles. The number of allylic oxidation sites excluding steroid dienone is 1. The number of aliphatic hydroxyl groups is 1. The number of benzene rings is 1. The number of thiophene rings is 1. The van der Waals surface area contributed by atoms with E-state index in [1.807, 2.05) is 53.9 Å². The summed E-state index contributed by atoms with van der Waals surface area (Å²) in [4.78, 5) is 69.3. The van der Waals surface area contributed by atoms with Gasteiger partial charge in [0.25, 0.3) is 5.91 Å². The molecule has 4 amide bonds. The van der Waals surface area contributed by atoms with Gasteiger partial charge in [-0.2, -0.15) is 0 Å². The zero-order valence-electron chi connectivity index (χ0n) is 32.9. The number of sulfonamides is 1. The first-order valence-electron chi connectivity index (χ1n) is 21.0. The minimum Gasteiger partial charge on any atom is -0.470 e. The van der Waals surface area contributed by atoms with Gasteiger partial charge in [-0.1, -0.05) is 43.2 Å². The second kappa shape index (κ2) is 17.5. The Bertz CT molecular complexity index is 2170. The molecule has 0 bridgehead atoms. The van der Waals surface area contributed by atoms with E-state index in [0.717, 1.165) is 43.4 Å². The lowest BCUT2D eigenvalue weighted by atomic mass is 10.0. The Balaban J connectivity index is 1.16. The highest BCUT2D eigenvalue weighted by atomic mass is 32.2. The lowest BCUT2D eigenvalue weighted by molar-refractivity contribution is -0.143. The Labute approximate surface area is 347 Å². The second-order valence-electron chi connectivity index (χ2n) is 16.5. The van der Waals surface area contributed by atoms with Crippen molar-refractivity contribution in [1.82, 2.24) is 30.2 Å². The fourth-order valence-corrected chi connectivity index (χ4v) is 10.8. The maximum atomic E-state index is 15.1. The minimum atomic E-state index is -3.93. The van der Waals surface area contributed by atoms with E-state index in [9.17, 15) is 27.9 Å². The Morgan fingerprint density at radius 2 is 1.75 bits per heavy atom. The van der Waals surface area contributed by atoms with Crippen molar-refractivity contribution in [2.45, 2.75) is 137 Å². The smallest absolute Gasteiger partial charge is 0.408 e. The molecule has 59 heavy (non-hydrogen) atoms. The summed E-state index contributed by atoms with van der Waals surface area (Å²) in [5.41, 5.74) is 0.188. The third kappa shape index (κ3) is 9.11. The first-order chi connectivity index (χ1) is 28.6. The molecule has 1 aromatic carbocycles. The van der Waals surface area contributed by atoms with Gasteiger partial charge in [0.2, 0.25) is 27.7 Å². The summed E-state index contributed by atoms with van der Waals surface area (Å²) in [6.07, 6.45) is 10.1. The van der Waals surface area contributed by atoms with Crippen molar-refractivity contribution >= 4 is 56.2 Å². The predicted octanol–water partition coefficient (Wildman–Crippen LogP) is 4.89. The molecule has 3 saturated carbocycles. The van der Waals surface area contributed by atoms with Crippen LogP contribution in [0.5, 0.6) is 5.88 Å². The summed E-state index contributed by atoms with van der Waals surface area (Å²) in [6, 6.07) is 8.16. The number of hydrogen-bond donors (Lipinski definition) is 4. The molecule has 316 valence electrons. The fourth-order valence-electron chi connectivity index (χ4n) is 8.77. The largest absolute Gasteiger partial charge is 0.470 e. The van der Waals surface area contributed by atoms with Crippen molar-refractivity contribution in [1.29, 1.82) is 0 Å². The fraction of sp³-hybridized carbons (Fsp3) is 0.571. The molecule has 17 heteroatoms. The molecule has 0 radical (unpaired) electrons. The molecule has 4 N–H and O–H groups in total. The lowest BCUT2D eigenvalue weighted by Gasteiger charge is -2.34. The van der Waals surface area contributed by atoms with Crippen LogP contribution in [0.3, 0.4) is 0 Å². The number of hydrogen-bond acceptors (Lipinski definition) is 12. The molecule has 3 aromatic rings. The van der Waals surface area contributed by atoms with Crippen molar-refractivity contribution in [2.24, 2.45) is 5.92 Å². The van der Waals surface area contributed by atoms with E-state index in [0.29, 0.717) is 42.4 Å². The summed E-state index contributed by atoms with van der Waals surface area (Å²) in [5.74, 6) is -2.23. The molecule has 2 aromatic heterocycles. The molecule has 4 fully saturated rings. The Hall–Kier alpha value is -4.61. The van der Waals surface area contributed by atoms with Gasteiger partial charge in [-0.25, -0.2) is 23.2 Å². The van der Waals surface area contributed by atoms with Crippen LogP contribution in [0.1, 0.15) is 96.3 Å². The number of rotatable bonds is 11. The van der Waals surface area contributed by atoms with Crippen molar-refractivity contribution in [3.63, 3.8) is 0 Å². The summed E-state index contributed by atoms with van der Waals surface area (Å²) in [7, 11) is -3.93. The predicted molar refractivity (Wildman–Crippen MR) is 220 cm³/mol. The Morgan fingerprint density at radius 1 is 0.983 bits per heavy atom. The number of aromatic nitrogens is 2. The number of carbonyl (C=O) groups is 4. The first-order valence-corrected chi connectivity index (χ1v) is 23.4. The summed E-state index contributed by atoms with van der Waals surface area (Å²) in [6.45, 7) is -0.194. The van der Waals surface area contributed by atoms with E-state index in [-0.39, 0.29) is 50.7 Å². The quantitative estimate of drug-likeness (QED) is 0.191. The monoisotopic (exact) mass is 848 g/mol. The molecule has 6 atom stereocenters. The van der Waals surface area contributed by atoms with E-state index in [4.69, 9.17) is 19.4 Å². The van der Waals surface area contributed by atoms with Crippen LogP contribution in [0.2, 0.25) is 0 Å². The summed E-state index contributed by atoms with van der Waals surface area (Å²) >= 11 is 1.46. The highest BCUT2D eigenvalue weighted by Gasteiger charge is 2.62. The Morgan fingerprint density at radius 3 is 2.47 bits per heavy atom. The number of alkyl carbamates (subject to hydrolysis) is 1. The standard InChI is InChI=1S/C42H52N6O9S2/c49-22-10-18-32-34(57-38-36(35-19-11-23-58-35)43-29-15-8-9-16-30(29)44-38)24-33-37(50)46-42(40(52)47-59(54,55)28-20-21-28)25-26(42)12-4-2-1-3-5-17-31(39(51)48(32)33)45-41(53)56-27-13-6-7-14-27/h4,8-9,11-12,15-16,19,23,26-28,31-34,49H,1-3,5-7,10,13-14,17-18,20-22,24-25H2,(H,45,53)(H,46,50)(H,47,52)/b12-4-/t26?,31?,32-,33?,34+,42?/m0/s1. The van der Waals surface area contributed by atoms with Gasteiger partial charge in [-0.15, -0.1) is 11.3 Å². The van der Waals surface area contributed by atoms with Crippen LogP contribution in [-0.4, -0.2) is 99.9 Å². The van der Waals surface area contributed by atoms with E-state index >= 15 is 4.79 Å². The van der Waals surface area contributed by atoms with Crippen LogP contribution in [0, 0.1) is 5.92 Å². The van der Waals surface area contributed by atoms with Crippen molar-refractivity contribution < 1.29 is 42.2 Å². The number of para-hydroxylation sites is 2. The normalized spacial score (nSPS) is 28.4. The van der Waals surface area contributed by atoms with Gasteiger partial charge >= 0.3 is 6.09 Å². The van der Waals surface area contributed by atoms with Crippen LogP contribution in [0.4, 0.5) is 4.79 Å². The average Bonchev–Trinajstić information content (AvgIpc) is 3.98. The number of carbonyl (C=O) groups excluding carboxylic acids is 4. The van der Waals surface area contributed by atoms with Gasteiger partial charge in [0.15, 0.2) is 0 Å². The number of nitrogens with one attached hydrogen (secondary N) is 3. The van der Waals surface area contributed by atoms with E-state index in [2.05, 4.69) is 15.4 Å². The maximum absolute atomic E-state index is 15.1. The molecule has 1 saturated heterocycles. The number of nitrogens with zero attached hydrogens (tertiary/aromatic N) is 3. The SMILES string of the molecule is O=C(NC1CCCCC/C=C\C2CC2(C(=O)NS(=O)(=O)C2CC2)NC(=O)C2C[C@@H](Oc3nc4ccccc4nc3-c3cccs3)[C@H](CCCO)N2C1=O)OC1CCCC1. The minimum absolute atomic E-state index is 0.0239. The topological polar surface area (TPSA) is 206 Å². The van der Waals surface area contributed by atoms with E-state index < -0.39 is 74.8 Å². The number of amides is 4. The zero-order valence-corrected chi connectivity index (χ0v) is 34.6. The molecule has 5 aliphatic rings. The highest BCUT2D eigenvalue weighted by Crippen LogP contribution is 2.46. The van der Waals surface area contributed by atoms with Crippen molar-refractivity contribution in [2.75, 3.05) is 6.61 Å². The maximum Gasteiger partial charge on any atom is 0.408 e. The van der Waals surface area contributed by atoms with Crippen LogP contribution >= 0.6 is 11.3 Å². The van der Waals surface area contributed by atoms with Gasteiger partial charge in [0.1, 0.15) is 35.5 Å². The molecular weight excluding hydrogens is 797 g/mol. The Kier molecular flexibility index (Phi) is 12.2. The van der Waals surface area contributed by atoms with Gasteiger partial charge in [-0.05, 0) is 101 Å². The zero-order chi connectivity index (χ0) is 41.1. The summed E-state index contributed by atoms with van der Waals surface area (Å²) < 4.78 is 40.8. The third-order valence-corrected chi connectivity index (χ3v) is 14.9. The van der Waals surface area contributed by atoms with Crippen LogP contribution in [-0.2, 0) is 29.1 Å². The van der Waals surface area contributed by atoms with Crippen molar-refractivity contribution in [3.05, 3.63) is 53.9 Å². The molecule has 2 aliphatic heterocycles. The highest BCUT2D eigenvalue weighted by molar-refractivity contribution is 7.91. The number of fused-ring (bicyclic) bond motifs is 3. The first kappa shape index (κ1) is 41.1. The molecule has 4 heterocycles. The third-order valence-electron chi connectivity index (χ3n) is 12.2. The molecule has 15 nitrogen and oxygen atoms in total. The van der Waals surface area contributed by atoms with Gasteiger partial charge in [0.05, 0.1) is 27.2 Å². The van der Waals surface area contributed by atoms with Gasteiger partial charge in [-0.3, -0.25) is 19.1 Å². The van der Waals surface area contributed by atoms with Gasteiger partial charge in [0, 0.05) is 18.9 Å². The molecule has 8 rings (SSSR count). The van der Waals surface area contributed by atoms with E-state index in [1.165, 1.54) is 16.2 Å². The second-order valence-corrected chi connectivity index (χ2v) is 19.4. The molecular formula is C42H52N6O9S2. The van der Waals surface area contributed by atoms with Crippen LogP contribution in [0.25, 0.3) is 21.6 Å². The number of aliphatic hydroxyl groups excluding tert-OH is 1. The van der Waals surface area contributed by atoms with Crippen LogP contribution in [0.15, 0.2) is 53.9 Å². The van der Waals surface area contributed by atoms with E-state index in [1.54, 1.807) is 0 Å². The molecule has 0 spiro atoms. The average molecular weight is 849 g/mol. The number of ether oxygens (including phenoxy) is 2. The summed E-state index contributed by atoms with van der Waals surface area (Å²) in [5, 5.41) is 17.1. The van der Waals surface area contributed by atoms with Gasteiger partial charge < -0.3 is 30.1 Å². The molecule has 4 unspecified atom stereocenters.